The highest BCUT2D eigenvalue weighted by molar-refractivity contribution is 5.76. The molecule has 5 nitrogen and oxygen atoms in total. The van der Waals surface area contributed by atoms with Crippen LogP contribution in [0.1, 0.15) is 5.56 Å². The van der Waals surface area contributed by atoms with Crippen molar-refractivity contribution in [1.82, 2.24) is 0 Å². The van der Waals surface area contributed by atoms with E-state index in [1.54, 1.807) is 24.3 Å². The molecule has 1 aliphatic heterocycles. The van der Waals surface area contributed by atoms with Crippen molar-refractivity contribution in [3.8, 4) is 17.2 Å². The fourth-order valence-electron chi connectivity index (χ4n) is 2.18. The van der Waals surface area contributed by atoms with E-state index < -0.39 is 17.9 Å². The van der Waals surface area contributed by atoms with Gasteiger partial charge in [0.05, 0.1) is 7.11 Å². The van der Waals surface area contributed by atoms with Crippen LogP contribution in [0.15, 0.2) is 42.5 Å². The predicted octanol–water partition coefficient (Wildman–Crippen LogP) is 2.72. The van der Waals surface area contributed by atoms with Crippen molar-refractivity contribution < 1.29 is 28.1 Å². The number of para-hydroxylation sites is 2. The van der Waals surface area contributed by atoms with Gasteiger partial charge in [0.1, 0.15) is 13.2 Å². The van der Waals surface area contributed by atoms with Crippen LogP contribution in [0.5, 0.6) is 17.2 Å². The number of carbonyl (C=O) groups is 1. The lowest BCUT2D eigenvalue weighted by Gasteiger charge is -2.24. The molecule has 0 aliphatic carbocycles. The van der Waals surface area contributed by atoms with E-state index in [2.05, 4.69) is 0 Å². The lowest BCUT2D eigenvalue weighted by molar-refractivity contribution is -0.155. The molecule has 0 unspecified atom stereocenters. The molecule has 0 amide bonds. The number of fused-ring (bicyclic) bond motifs is 1. The molecular formula is C17H15FO5. The number of carbonyl (C=O) groups excluding carboxylic acids is 1. The third kappa shape index (κ3) is 3.36. The lowest BCUT2D eigenvalue weighted by atomic mass is 10.2. The van der Waals surface area contributed by atoms with Gasteiger partial charge in [-0.1, -0.05) is 18.2 Å². The quantitative estimate of drug-likeness (QED) is 0.811. The molecular weight excluding hydrogens is 303 g/mol. The molecule has 0 radical (unpaired) electrons. The Morgan fingerprint density at radius 1 is 1.26 bits per heavy atom. The van der Waals surface area contributed by atoms with Crippen LogP contribution in [0.2, 0.25) is 0 Å². The van der Waals surface area contributed by atoms with Gasteiger partial charge in [0.15, 0.2) is 23.1 Å². The fourth-order valence-corrected chi connectivity index (χ4v) is 2.18. The van der Waals surface area contributed by atoms with Gasteiger partial charge in [0.2, 0.25) is 6.10 Å². The molecule has 23 heavy (non-hydrogen) atoms. The topological polar surface area (TPSA) is 54.0 Å². The Morgan fingerprint density at radius 3 is 2.78 bits per heavy atom. The Labute approximate surface area is 132 Å². The van der Waals surface area contributed by atoms with Gasteiger partial charge >= 0.3 is 5.97 Å². The maximum Gasteiger partial charge on any atom is 0.351 e. The Bertz CT molecular complexity index is 716. The Kier molecular flexibility index (Phi) is 4.32. The molecule has 0 spiro atoms. The zero-order valence-electron chi connectivity index (χ0n) is 12.5. The van der Waals surface area contributed by atoms with Crippen LogP contribution in [-0.2, 0) is 16.1 Å². The molecule has 0 fully saturated rings. The minimum atomic E-state index is -0.840. The molecule has 0 bridgehead atoms. The normalized spacial score (nSPS) is 15.8. The Hall–Kier alpha value is -2.76. The van der Waals surface area contributed by atoms with Crippen molar-refractivity contribution in [3.63, 3.8) is 0 Å². The number of rotatable bonds is 4. The van der Waals surface area contributed by atoms with E-state index in [1.165, 1.54) is 19.2 Å². The van der Waals surface area contributed by atoms with Crippen molar-refractivity contribution >= 4 is 5.97 Å². The van der Waals surface area contributed by atoms with Gasteiger partial charge in [0.25, 0.3) is 0 Å². The number of halogens is 1. The first kappa shape index (κ1) is 15.1. The number of methoxy groups -OCH3 is 1. The highest BCUT2D eigenvalue weighted by Gasteiger charge is 2.28. The first-order valence-corrected chi connectivity index (χ1v) is 7.05. The second-order valence-corrected chi connectivity index (χ2v) is 4.94. The standard InChI is InChI=1S/C17H15FO5/c1-20-13-7-6-11(8-12(13)18)9-22-17(19)16-10-21-14-4-2-3-5-15(14)23-16/h2-8,16H,9-10H2,1H3/t16-/m0/s1. The molecule has 2 aromatic carbocycles. The van der Waals surface area contributed by atoms with Crippen molar-refractivity contribution in [3.05, 3.63) is 53.8 Å². The second kappa shape index (κ2) is 6.56. The summed E-state index contributed by atoms with van der Waals surface area (Å²) in [7, 11) is 1.39. The third-order valence-electron chi connectivity index (χ3n) is 3.37. The first-order chi connectivity index (χ1) is 11.2. The fraction of sp³-hybridized carbons (Fsp3) is 0.235. The molecule has 2 aromatic rings. The molecule has 0 aromatic heterocycles. The van der Waals surface area contributed by atoms with Crippen LogP contribution in [0.25, 0.3) is 0 Å². The minimum absolute atomic E-state index is 0.0543. The van der Waals surface area contributed by atoms with Gasteiger partial charge in [-0.05, 0) is 29.8 Å². The molecule has 1 atom stereocenters. The van der Waals surface area contributed by atoms with E-state index in [-0.39, 0.29) is 19.0 Å². The van der Waals surface area contributed by atoms with Gasteiger partial charge in [0, 0.05) is 0 Å². The number of hydrogen-bond donors (Lipinski definition) is 0. The van der Waals surface area contributed by atoms with Crippen LogP contribution in [0.3, 0.4) is 0 Å². The second-order valence-electron chi connectivity index (χ2n) is 4.94. The molecule has 6 heteroatoms. The summed E-state index contributed by atoms with van der Waals surface area (Å²) in [5, 5.41) is 0. The van der Waals surface area contributed by atoms with Crippen LogP contribution < -0.4 is 14.2 Å². The summed E-state index contributed by atoms with van der Waals surface area (Å²) in [4.78, 5) is 12.0. The number of benzene rings is 2. The smallest absolute Gasteiger partial charge is 0.351 e. The monoisotopic (exact) mass is 318 g/mol. The summed E-state index contributed by atoms with van der Waals surface area (Å²) in [6, 6.07) is 11.5. The zero-order valence-corrected chi connectivity index (χ0v) is 12.5. The highest BCUT2D eigenvalue weighted by Crippen LogP contribution is 2.31. The summed E-state index contributed by atoms with van der Waals surface area (Å²) in [5.41, 5.74) is 0.522. The van der Waals surface area contributed by atoms with E-state index in [0.29, 0.717) is 17.1 Å². The Balaban J connectivity index is 1.59. The molecule has 0 saturated carbocycles. The molecule has 0 N–H and O–H groups in total. The van der Waals surface area contributed by atoms with Gasteiger partial charge in [-0.15, -0.1) is 0 Å². The minimum Gasteiger partial charge on any atom is -0.494 e. The predicted molar refractivity (Wildman–Crippen MR) is 79.1 cm³/mol. The van der Waals surface area contributed by atoms with E-state index in [4.69, 9.17) is 18.9 Å². The summed E-state index contributed by atoms with van der Waals surface area (Å²) in [6.45, 7) is 0.0219. The van der Waals surface area contributed by atoms with Crippen molar-refractivity contribution in [1.29, 1.82) is 0 Å². The number of hydrogen-bond acceptors (Lipinski definition) is 5. The van der Waals surface area contributed by atoms with Crippen molar-refractivity contribution in [2.24, 2.45) is 0 Å². The summed E-state index contributed by atoms with van der Waals surface area (Å²) >= 11 is 0. The summed E-state index contributed by atoms with van der Waals surface area (Å²) < 4.78 is 34.6. The number of ether oxygens (including phenoxy) is 4. The van der Waals surface area contributed by atoms with Gasteiger partial charge in [-0.2, -0.15) is 0 Å². The molecule has 0 saturated heterocycles. The van der Waals surface area contributed by atoms with E-state index in [9.17, 15) is 9.18 Å². The SMILES string of the molecule is COc1ccc(COC(=O)[C@@H]2COc3ccccc3O2)cc1F. The van der Waals surface area contributed by atoms with Crippen molar-refractivity contribution in [2.75, 3.05) is 13.7 Å². The van der Waals surface area contributed by atoms with Gasteiger partial charge in [-0.25, -0.2) is 9.18 Å². The molecule has 1 aliphatic rings. The maximum atomic E-state index is 13.6. The third-order valence-corrected chi connectivity index (χ3v) is 3.37. The first-order valence-electron chi connectivity index (χ1n) is 7.05. The summed E-state index contributed by atoms with van der Waals surface area (Å²) in [5.74, 6) is 0.161. The van der Waals surface area contributed by atoms with Gasteiger partial charge in [-0.3, -0.25) is 0 Å². The van der Waals surface area contributed by atoms with Crippen LogP contribution in [-0.4, -0.2) is 25.8 Å². The maximum absolute atomic E-state index is 13.6. The van der Waals surface area contributed by atoms with E-state index in [1.807, 2.05) is 6.07 Å². The zero-order chi connectivity index (χ0) is 16.2. The van der Waals surface area contributed by atoms with Crippen LogP contribution in [0, 0.1) is 5.82 Å². The molecule has 120 valence electrons. The van der Waals surface area contributed by atoms with Crippen LogP contribution >= 0.6 is 0 Å². The lowest BCUT2D eigenvalue weighted by Crippen LogP contribution is -2.37. The van der Waals surface area contributed by atoms with Crippen LogP contribution in [0.4, 0.5) is 4.39 Å². The van der Waals surface area contributed by atoms with E-state index >= 15 is 0 Å². The van der Waals surface area contributed by atoms with Gasteiger partial charge < -0.3 is 18.9 Å². The highest BCUT2D eigenvalue weighted by atomic mass is 19.1. The largest absolute Gasteiger partial charge is 0.494 e. The summed E-state index contributed by atoms with van der Waals surface area (Å²) in [6.07, 6.45) is -0.840. The average molecular weight is 318 g/mol. The van der Waals surface area contributed by atoms with Crippen molar-refractivity contribution in [2.45, 2.75) is 12.7 Å². The Morgan fingerprint density at radius 2 is 2.04 bits per heavy atom. The number of esters is 1. The molecule has 1 heterocycles. The molecule has 3 rings (SSSR count). The average Bonchev–Trinajstić information content (AvgIpc) is 2.59. The van der Waals surface area contributed by atoms with E-state index in [0.717, 1.165) is 0 Å².